The normalized spacial score (nSPS) is 17.8. The molecule has 0 aliphatic carbocycles. The van der Waals surface area contributed by atoms with Gasteiger partial charge in [-0.1, -0.05) is 0 Å². The number of esters is 1. The van der Waals surface area contributed by atoms with Crippen molar-refractivity contribution in [2.75, 3.05) is 11.9 Å². The van der Waals surface area contributed by atoms with E-state index in [0.717, 1.165) is 24.0 Å². The lowest BCUT2D eigenvalue weighted by Crippen LogP contribution is -2.62. The van der Waals surface area contributed by atoms with Gasteiger partial charge in [-0.3, -0.25) is 4.98 Å². The van der Waals surface area contributed by atoms with E-state index >= 15 is 0 Å². The maximum atomic E-state index is 12.6. The molecule has 2 aromatic heterocycles. The number of anilines is 1. The number of benzene rings is 1. The average Bonchev–Trinajstić information content (AvgIpc) is 2.71. The van der Waals surface area contributed by atoms with E-state index in [2.05, 4.69) is 53.1 Å². The number of hydrogen-bond acceptors (Lipinski definition) is 8. The van der Waals surface area contributed by atoms with Gasteiger partial charge in [0, 0.05) is 35.6 Å². The minimum atomic E-state index is -0.589. The summed E-state index contributed by atoms with van der Waals surface area (Å²) in [5.41, 5.74) is 0.784. The number of ether oxygens (including phenoxy) is 1. The van der Waals surface area contributed by atoms with Gasteiger partial charge < -0.3 is 20.1 Å². The summed E-state index contributed by atoms with van der Waals surface area (Å²) in [5.74, 6) is 0.561. The zero-order chi connectivity index (χ0) is 23.1. The van der Waals surface area contributed by atoms with Gasteiger partial charge in [-0.2, -0.15) is 0 Å². The van der Waals surface area contributed by atoms with Crippen LogP contribution in [0.4, 0.5) is 5.82 Å². The zero-order valence-corrected chi connectivity index (χ0v) is 19.1. The van der Waals surface area contributed by atoms with Crippen LogP contribution in [0.15, 0.2) is 42.6 Å². The fraction of sp³-hybridized carbons (Fsp3) is 0.417. The van der Waals surface area contributed by atoms with E-state index < -0.39 is 5.97 Å². The molecule has 8 heteroatoms. The smallest absolute Gasteiger partial charge is 0.364 e. The molecule has 8 nitrogen and oxygen atoms in total. The molecule has 168 valence electrons. The molecule has 1 saturated heterocycles. The van der Waals surface area contributed by atoms with Crippen molar-refractivity contribution in [3.8, 4) is 11.5 Å². The van der Waals surface area contributed by atoms with Gasteiger partial charge in [-0.25, -0.2) is 4.79 Å². The van der Waals surface area contributed by atoms with Crippen LogP contribution in [0.2, 0.25) is 0 Å². The van der Waals surface area contributed by atoms with Gasteiger partial charge in [0.2, 0.25) is 0 Å². The van der Waals surface area contributed by atoms with Gasteiger partial charge in [0.05, 0.1) is 11.7 Å². The zero-order valence-electron chi connectivity index (χ0n) is 19.1. The molecule has 1 aromatic carbocycles. The fourth-order valence-electron chi connectivity index (χ4n) is 4.66. The number of hydrogen-bond donors (Lipinski definition) is 2. The van der Waals surface area contributed by atoms with Crippen molar-refractivity contribution >= 4 is 22.7 Å². The predicted molar refractivity (Wildman–Crippen MR) is 123 cm³/mol. The Morgan fingerprint density at radius 3 is 2.47 bits per heavy atom. The molecule has 2 N–H and O–H groups in total. The minimum Gasteiger partial charge on any atom is -0.506 e. The molecule has 32 heavy (non-hydrogen) atoms. The molecule has 0 amide bonds. The number of piperidine rings is 1. The third kappa shape index (κ3) is 4.80. The van der Waals surface area contributed by atoms with E-state index in [1.165, 1.54) is 6.20 Å². The topological polar surface area (TPSA) is 100 Å². The van der Waals surface area contributed by atoms with Crippen molar-refractivity contribution in [2.45, 2.75) is 57.7 Å². The Morgan fingerprint density at radius 1 is 1.09 bits per heavy atom. The lowest BCUT2D eigenvalue weighted by Gasteiger charge is -2.49. The molecular weight excluding hydrogens is 406 g/mol. The Hall–Kier alpha value is -3.26. The highest BCUT2D eigenvalue weighted by Crippen LogP contribution is 2.32. The van der Waals surface area contributed by atoms with Gasteiger partial charge in [0.15, 0.2) is 11.5 Å². The Bertz CT molecular complexity index is 1130. The van der Waals surface area contributed by atoms with Crippen molar-refractivity contribution in [3.05, 3.63) is 48.3 Å². The molecule has 4 rings (SSSR count). The number of nitrogens with one attached hydrogen (secondary N) is 1. The number of carbonyl (C=O) groups is 1. The largest absolute Gasteiger partial charge is 0.506 e. The Kier molecular flexibility index (Phi) is 5.50. The molecular formula is C24H29N5O3. The second kappa shape index (κ2) is 8.02. The van der Waals surface area contributed by atoms with Crippen LogP contribution in [0.25, 0.3) is 10.9 Å². The highest BCUT2D eigenvalue weighted by Gasteiger charge is 2.39. The monoisotopic (exact) mass is 435 g/mol. The number of fused-ring (bicyclic) bond motifs is 1. The first-order chi connectivity index (χ1) is 15.0. The maximum Gasteiger partial charge on any atom is 0.364 e. The van der Waals surface area contributed by atoms with Crippen molar-refractivity contribution in [1.29, 1.82) is 0 Å². The molecule has 0 spiro atoms. The number of rotatable bonds is 4. The van der Waals surface area contributed by atoms with Gasteiger partial charge in [-0.15, -0.1) is 10.2 Å². The lowest BCUT2D eigenvalue weighted by molar-refractivity contribution is 0.0727. The summed E-state index contributed by atoms with van der Waals surface area (Å²) in [6.45, 7) is 8.85. The molecule has 1 fully saturated rings. The van der Waals surface area contributed by atoms with Crippen LogP contribution in [0, 0.1) is 0 Å². The number of aromatic nitrogens is 3. The minimum absolute atomic E-state index is 0.0192. The summed E-state index contributed by atoms with van der Waals surface area (Å²) in [5, 5.41) is 22.4. The summed E-state index contributed by atoms with van der Waals surface area (Å²) >= 11 is 0. The van der Waals surface area contributed by atoms with Crippen LogP contribution in [0.1, 0.15) is 51.0 Å². The molecule has 1 aliphatic heterocycles. The maximum absolute atomic E-state index is 12.6. The number of nitrogens with zero attached hydrogens (tertiary/aromatic N) is 4. The predicted octanol–water partition coefficient (Wildman–Crippen LogP) is 3.70. The van der Waals surface area contributed by atoms with Gasteiger partial charge in [0.25, 0.3) is 0 Å². The molecule has 0 bridgehead atoms. The quantitative estimate of drug-likeness (QED) is 0.473. The van der Waals surface area contributed by atoms with Crippen LogP contribution in [0.5, 0.6) is 11.5 Å². The molecule has 0 saturated carbocycles. The van der Waals surface area contributed by atoms with E-state index in [1.807, 2.05) is 7.05 Å². The number of aromatic hydroxyl groups is 1. The van der Waals surface area contributed by atoms with Crippen LogP contribution in [-0.2, 0) is 0 Å². The molecule has 3 aromatic rings. The number of pyridine rings is 1. The fourth-order valence-corrected chi connectivity index (χ4v) is 4.66. The summed E-state index contributed by atoms with van der Waals surface area (Å²) in [6.07, 6.45) is 3.30. The van der Waals surface area contributed by atoms with Crippen LogP contribution >= 0.6 is 0 Å². The molecule has 0 radical (unpaired) electrons. The first-order valence-corrected chi connectivity index (χ1v) is 10.7. The van der Waals surface area contributed by atoms with Crippen molar-refractivity contribution < 1.29 is 14.6 Å². The van der Waals surface area contributed by atoms with Gasteiger partial charge >= 0.3 is 5.97 Å². The Morgan fingerprint density at radius 2 is 1.81 bits per heavy atom. The third-order valence-corrected chi connectivity index (χ3v) is 5.79. The van der Waals surface area contributed by atoms with Gasteiger partial charge in [-0.05, 0) is 70.9 Å². The van der Waals surface area contributed by atoms with Crippen molar-refractivity contribution in [1.82, 2.24) is 20.5 Å². The summed E-state index contributed by atoms with van der Waals surface area (Å²) in [4.78, 5) is 18.8. The molecule has 1 aliphatic rings. The third-order valence-electron chi connectivity index (χ3n) is 5.79. The van der Waals surface area contributed by atoms with Crippen LogP contribution in [0.3, 0.4) is 0 Å². The standard InChI is InChI=1S/C24H29N5O3/c1-23(2)12-16(13-24(3,4)28-23)29(5)21-9-8-19(26-27-21)22(31)32-18-7-6-15-10-17(30)14-25-20(15)11-18/h6-11,14,16,28,30H,12-13H2,1-5H3. The lowest BCUT2D eigenvalue weighted by atomic mass is 9.79. The molecule has 0 unspecified atom stereocenters. The van der Waals surface area contributed by atoms with Crippen molar-refractivity contribution in [3.63, 3.8) is 0 Å². The second-order valence-electron chi connectivity index (χ2n) is 9.78. The molecule has 3 heterocycles. The summed E-state index contributed by atoms with van der Waals surface area (Å²) in [6, 6.07) is 10.4. The van der Waals surface area contributed by atoms with Crippen LogP contribution in [-0.4, -0.2) is 50.4 Å². The second-order valence-corrected chi connectivity index (χ2v) is 9.78. The Labute approximate surface area is 187 Å². The molecule has 0 atom stereocenters. The van der Waals surface area contributed by atoms with E-state index in [9.17, 15) is 9.90 Å². The van der Waals surface area contributed by atoms with E-state index in [4.69, 9.17) is 4.74 Å². The first kappa shape index (κ1) is 22.0. The van der Waals surface area contributed by atoms with E-state index in [0.29, 0.717) is 17.3 Å². The SMILES string of the molecule is CN(c1ccc(C(=O)Oc2ccc3cc(O)cnc3c2)nn1)C1CC(C)(C)NC(C)(C)C1. The van der Waals surface area contributed by atoms with E-state index in [-0.39, 0.29) is 22.5 Å². The van der Waals surface area contributed by atoms with Gasteiger partial charge in [0.1, 0.15) is 11.5 Å². The van der Waals surface area contributed by atoms with Crippen LogP contribution < -0.4 is 15.0 Å². The van der Waals surface area contributed by atoms with Crippen molar-refractivity contribution in [2.24, 2.45) is 0 Å². The number of carbonyl (C=O) groups excluding carboxylic acids is 1. The highest BCUT2D eigenvalue weighted by atomic mass is 16.5. The average molecular weight is 436 g/mol. The Balaban J connectivity index is 1.46. The highest BCUT2D eigenvalue weighted by molar-refractivity contribution is 5.90. The summed E-state index contributed by atoms with van der Waals surface area (Å²) in [7, 11) is 2.02. The van der Waals surface area contributed by atoms with E-state index in [1.54, 1.807) is 36.4 Å². The summed E-state index contributed by atoms with van der Waals surface area (Å²) < 4.78 is 5.44. The first-order valence-electron chi connectivity index (χ1n) is 10.7.